The largest absolute Gasteiger partial charge is 0.496 e. The van der Waals surface area contributed by atoms with E-state index in [1.807, 2.05) is 25.1 Å². The highest BCUT2D eigenvalue weighted by molar-refractivity contribution is 14.1. The second-order valence-electron chi connectivity index (χ2n) is 4.61. The van der Waals surface area contributed by atoms with Gasteiger partial charge in [0.15, 0.2) is 0 Å². The Labute approximate surface area is 142 Å². The van der Waals surface area contributed by atoms with Gasteiger partial charge in [-0.05, 0) is 64.9 Å². The van der Waals surface area contributed by atoms with Gasteiger partial charge in [-0.25, -0.2) is 0 Å². The van der Waals surface area contributed by atoms with E-state index >= 15 is 0 Å². The lowest BCUT2D eigenvalue weighted by molar-refractivity contribution is 0.0950. The third-order valence-corrected chi connectivity index (χ3v) is 4.23. The number of hydrogen-bond donors (Lipinski definition) is 1. The van der Waals surface area contributed by atoms with Gasteiger partial charge in [0.05, 0.1) is 12.7 Å². The van der Waals surface area contributed by atoms with Crippen molar-refractivity contribution in [3.05, 3.63) is 61.7 Å². The number of hydrogen-bond acceptors (Lipinski definition) is 2. The molecule has 110 valence electrons. The number of aryl methyl sites for hydroxylation is 1. The molecule has 0 aliphatic rings. The summed E-state index contributed by atoms with van der Waals surface area (Å²) in [6.07, 6.45) is 0. The van der Waals surface area contributed by atoms with Crippen LogP contribution in [0.2, 0.25) is 5.02 Å². The molecule has 5 heteroatoms. The quantitative estimate of drug-likeness (QED) is 0.761. The molecule has 0 atom stereocenters. The Morgan fingerprint density at radius 3 is 2.71 bits per heavy atom. The first-order valence-corrected chi connectivity index (χ1v) is 7.83. The Bertz CT molecular complexity index is 673. The number of carbonyl (C=O) groups excluding carboxylic acids is 1. The molecule has 0 aromatic heterocycles. The number of amides is 1. The molecule has 3 nitrogen and oxygen atoms in total. The zero-order valence-electron chi connectivity index (χ0n) is 11.7. The average Bonchev–Trinajstić information content (AvgIpc) is 2.46. The number of methoxy groups -OCH3 is 1. The van der Waals surface area contributed by atoms with Crippen molar-refractivity contribution in [2.75, 3.05) is 7.11 Å². The molecule has 0 bridgehead atoms. The topological polar surface area (TPSA) is 38.3 Å². The van der Waals surface area contributed by atoms with Crippen molar-refractivity contribution in [3.63, 3.8) is 0 Å². The van der Waals surface area contributed by atoms with Gasteiger partial charge in [-0.3, -0.25) is 4.79 Å². The summed E-state index contributed by atoms with van der Waals surface area (Å²) in [5, 5.41) is 3.53. The van der Waals surface area contributed by atoms with Crippen molar-refractivity contribution in [2.24, 2.45) is 0 Å². The van der Waals surface area contributed by atoms with E-state index in [0.717, 1.165) is 20.4 Å². The second kappa shape index (κ2) is 7.13. The van der Waals surface area contributed by atoms with Crippen molar-refractivity contribution in [3.8, 4) is 5.75 Å². The standard InChI is InChI=1S/C16H15ClINO2/c1-10-3-4-11(7-15(10)21-2)9-19-16(20)13-6-5-12(17)8-14(13)18/h3-8H,9H2,1-2H3,(H,19,20). The summed E-state index contributed by atoms with van der Waals surface area (Å²) in [6.45, 7) is 2.44. The van der Waals surface area contributed by atoms with E-state index in [0.29, 0.717) is 17.1 Å². The van der Waals surface area contributed by atoms with Crippen LogP contribution in [0.3, 0.4) is 0 Å². The summed E-state index contributed by atoms with van der Waals surface area (Å²) in [5.41, 5.74) is 2.69. The monoisotopic (exact) mass is 415 g/mol. The fourth-order valence-corrected chi connectivity index (χ4v) is 3.04. The third-order valence-electron chi connectivity index (χ3n) is 3.10. The summed E-state index contributed by atoms with van der Waals surface area (Å²) in [5.74, 6) is 0.707. The highest BCUT2D eigenvalue weighted by Gasteiger charge is 2.10. The summed E-state index contributed by atoms with van der Waals surface area (Å²) >= 11 is 8.00. The molecule has 2 rings (SSSR count). The summed E-state index contributed by atoms with van der Waals surface area (Å²) in [4.78, 5) is 12.2. The molecular weight excluding hydrogens is 401 g/mol. The fraction of sp³-hybridized carbons (Fsp3) is 0.188. The Kier molecular flexibility index (Phi) is 5.47. The lowest BCUT2D eigenvalue weighted by atomic mass is 10.1. The molecule has 0 unspecified atom stereocenters. The van der Waals surface area contributed by atoms with Gasteiger partial charge in [-0.15, -0.1) is 0 Å². The van der Waals surface area contributed by atoms with Crippen LogP contribution >= 0.6 is 34.2 Å². The Morgan fingerprint density at radius 1 is 1.29 bits per heavy atom. The number of nitrogens with one attached hydrogen (secondary N) is 1. The van der Waals surface area contributed by atoms with Crippen LogP contribution in [-0.2, 0) is 6.54 Å². The van der Waals surface area contributed by atoms with Crippen LogP contribution in [0.5, 0.6) is 5.75 Å². The SMILES string of the molecule is COc1cc(CNC(=O)c2ccc(Cl)cc2I)ccc1C. The molecule has 0 fully saturated rings. The summed E-state index contributed by atoms with van der Waals surface area (Å²) in [6, 6.07) is 11.1. The van der Waals surface area contributed by atoms with Crippen molar-refractivity contribution >= 4 is 40.1 Å². The van der Waals surface area contributed by atoms with Crippen LogP contribution in [0.25, 0.3) is 0 Å². The predicted molar refractivity (Wildman–Crippen MR) is 93.1 cm³/mol. The Balaban J connectivity index is 2.07. The summed E-state index contributed by atoms with van der Waals surface area (Å²) < 4.78 is 6.11. The van der Waals surface area contributed by atoms with Crippen LogP contribution < -0.4 is 10.1 Å². The molecule has 0 spiro atoms. The van der Waals surface area contributed by atoms with Crippen molar-refractivity contribution in [2.45, 2.75) is 13.5 Å². The highest BCUT2D eigenvalue weighted by atomic mass is 127. The molecule has 21 heavy (non-hydrogen) atoms. The Morgan fingerprint density at radius 2 is 2.05 bits per heavy atom. The molecule has 0 radical (unpaired) electrons. The van der Waals surface area contributed by atoms with E-state index in [4.69, 9.17) is 16.3 Å². The van der Waals surface area contributed by atoms with Crippen molar-refractivity contribution in [1.29, 1.82) is 0 Å². The second-order valence-corrected chi connectivity index (χ2v) is 6.21. The molecule has 0 heterocycles. The molecule has 2 aromatic rings. The van der Waals surface area contributed by atoms with E-state index in [-0.39, 0.29) is 5.91 Å². The highest BCUT2D eigenvalue weighted by Crippen LogP contribution is 2.20. The molecule has 0 saturated heterocycles. The number of rotatable bonds is 4. The molecule has 2 aromatic carbocycles. The van der Waals surface area contributed by atoms with Crippen molar-refractivity contribution < 1.29 is 9.53 Å². The number of ether oxygens (including phenoxy) is 1. The predicted octanol–water partition coefficient (Wildman–Crippen LogP) is 4.19. The van der Waals surface area contributed by atoms with Gasteiger partial charge < -0.3 is 10.1 Å². The van der Waals surface area contributed by atoms with Crippen LogP contribution in [0.1, 0.15) is 21.5 Å². The zero-order chi connectivity index (χ0) is 15.4. The average molecular weight is 416 g/mol. The van der Waals surface area contributed by atoms with Crippen LogP contribution in [-0.4, -0.2) is 13.0 Å². The molecule has 0 saturated carbocycles. The maximum atomic E-state index is 12.2. The number of carbonyl (C=O) groups is 1. The fourth-order valence-electron chi connectivity index (χ4n) is 1.93. The van der Waals surface area contributed by atoms with E-state index in [2.05, 4.69) is 27.9 Å². The van der Waals surface area contributed by atoms with Gasteiger partial charge in [0, 0.05) is 15.1 Å². The van der Waals surface area contributed by atoms with E-state index in [9.17, 15) is 4.79 Å². The molecular formula is C16H15ClINO2. The van der Waals surface area contributed by atoms with Gasteiger partial charge in [0.25, 0.3) is 5.91 Å². The van der Waals surface area contributed by atoms with Gasteiger partial charge in [-0.2, -0.15) is 0 Å². The smallest absolute Gasteiger partial charge is 0.252 e. The Hall–Kier alpha value is -1.27. The maximum Gasteiger partial charge on any atom is 0.252 e. The summed E-state index contributed by atoms with van der Waals surface area (Å²) in [7, 11) is 1.64. The number of benzene rings is 2. The normalized spacial score (nSPS) is 10.3. The zero-order valence-corrected chi connectivity index (χ0v) is 14.7. The van der Waals surface area contributed by atoms with Crippen LogP contribution in [0.4, 0.5) is 0 Å². The molecule has 1 N–H and O–H groups in total. The lowest BCUT2D eigenvalue weighted by Gasteiger charge is -2.10. The minimum absolute atomic E-state index is 0.115. The van der Waals surface area contributed by atoms with Gasteiger partial charge in [0.2, 0.25) is 0 Å². The van der Waals surface area contributed by atoms with E-state index in [1.54, 1.807) is 25.3 Å². The first kappa shape index (κ1) is 16.1. The first-order valence-electron chi connectivity index (χ1n) is 6.38. The maximum absolute atomic E-state index is 12.2. The van der Waals surface area contributed by atoms with Crippen LogP contribution in [0, 0.1) is 10.5 Å². The lowest BCUT2D eigenvalue weighted by Crippen LogP contribution is -2.23. The van der Waals surface area contributed by atoms with E-state index < -0.39 is 0 Å². The van der Waals surface area contributed by atoms with Gasteiger partial charge in [0.1, 0.15) is 5.75 Å². The molecule has 0 aliphatic carbocycles. The van der Waals surface area contributed by atoms with Crippen molar-refractivity contribution in [1.82, 2.24) is 5.32 Å². The molecule has 0 aliphatic heterocycles. The van der Waals surface area contributed by atoms with Gasteiger partial charge in [-0.1, -0.05) is 23.7 Å². The minimum Gasteiger partial charge on any atom is -0.496 e. The van der Waals surface area contributed by atoms with E-state index in [1.165, 1.54) is 0 Å². The number of halogens is 2. The first-order chi connectivity index (χ1) is 10.0. The third kappa shape index (κ3) is 4.11. The van der Waals surface area contributed by atoms with Gasteiger partial charge >= 0.3 is 0 Å². The molecule has 1 amide bonds. The van der Waals surface area contributed by atoms with Crippen LogP contribution in [0.15, 0.2) is 36.4 Å². The minimum atomic E-state index is -0.115.